The van der Waals surface area contributed by atoms with Gasteiger partial charge in [-0.15, -0.1) is 0 Å². The van der Waals surface area contributed by atoms with E-state index in [1.54, 1.807) is 0 Å². The SMILES string of the molecule is O=C(C1CC1)[C@H]1CN(Cc2cnc3ccc(Br)cn23)CCO1. The Kier molecular flexibility index (Phi) is 3.76. The monoisotopic (exact) mass is 363 g/mol. The molecule has 6 heteroatoms. The number of ketones is 1. The van der Waals surface area contributed by atoms with Crippen molar-refractivity contribution in [1.82, 2.24) is 14.3 Å². The van der Waals surface area contributed by atoms with Crippen LogP contribution < -0.4 is 0 Å². The highest BCUT2D eigenvalue weighted by molar-refractivity contribution is 9.10. The van der Waals surface area contributed by atoms with Gasteiger partial charge in [-0.2, -0.15) is 0 Å². The van der Waals surface area contributed by atoms with E-state index in [2.05, 4.69) is 30.2 Å². The van der Waals surface area contributed by atoms with Crippen molar-refractivity contribution < 1.29 is 9.53 Å². The first-order valence-corrected chi connectivity index (χ1v) is 8.49. The van der Waals surface area contributed by atoms with Crippen LogP contribution in [0.1, 0.15) is 18.5 Å². The summed E-state index contributed by atoms with van der Waals surface area (Å²) < 4.78 is 8.80. The zero-order chi connectivity index (χ0) is 15.1. The number of hydrogen-bond acceptors (Lipinski definition) is 4. The molecule has 0 radical (unpaired) electrons. The van der Waals surface area contributed by atoms with Crippen molar-refractivity contribution in [1.29, 1.82) is 0 Å². The molecule has 4 rings (SSSR count). The molecule has 116 valence electrons. The Morgan fingerprint density at radius 1 is 1.41 bits per heavy atom. The molecule has 0 bridgehead atoms. The van der Waals surface area contributed by atoms with Crippen LogP contribution >= 0.6 is 15.9 Å². The van der Waals surface area contributed by atoms with E-state index in [9.17, 15) is 4.79 Å². The number of pyridine rings is 1. The molecular weight excluding hydrogens is 346 g/mol. The van der Waals surface area contributed by atoms with Crippen molar-refractivity contribution in [2.75, 3.05) is 19.7 Å². The maximum absolute atomic E-state index is 12.2. The molecule has 1 aliphatic carbocycles. The number of imidazole rings is 1. The van der Waals surface area contributed by atoms with Crippen LogP contribution in [0, 0.1) is 5.92 Å². The summed E-state index contributed by atoms with van der Waals surface area (Å²) >= 11 is 3.50. The molecule has 1 atom stereocenters. The molecule has 0 N–H and O–H groups in total. The molecule has 3 heterocycles. The molecule has 0 unspecified atom stereocenters. The Hall–Kier alpha value is -1.24. The number of Topliss-reactive ketones (excluding diaryl/α,β-unsaturated/α-hetero) is 1. The minimum atomic E-state index is -0.243. The molecule has 2 aromatic heterocycles. The number of nitrogens with zero attached hydrogens (tertiary/aromatic N) is 3. The van der Waals surface area contributed by atoms with Gasteiger partial charge in [-0.25, -0.2) is 4.98 Å². The summed E-state index contributed by atoms with van der Waals surface area (Å²) in [4.78, 5) is 18.9. The Labute approximate surface area is 137 Å². The first-order valence-electron chi connectivity index (χ1n) is 7.70. The Bertz CT molecular complexity index is 710. The molecule has 1 aliphatic heterocycles. The van der Waals surface area contributed by atoms with E-state index in [0.29, 0.717) is 18.9 Å². The van der Waals surface area contributed by atoms with Gasteiger partial charge in [0.15, 0.2) is 5.78 Å². The van der Waals surface area contributed by atoms with E-state index in [4.69, 9.17) is 4.74 Å². The van der Waals surface area contributed by atoms with Crippen molar-refractivity contribution in [3.63, 3.8) is 0 Å². The van der Waals surface area contributed by atoms with Crippen molar-refractivity contribution in [2.24, 2.45) is 5.92 Å². The minimum Gasteiger partial charge on any atom is -0.368 e. The smallest absolute Gasteiger partial charge is 0.165 e. The lowest BCUT2D eigenvalue weighted by atomic mass is 10.1. The summed E-state index contributed by atoms with van der Waals surface area (Å²) in [6.07, 6.45) is 5.78. The molecule has 1 saturated carbocycles. The normalized spacial score (nSPS) is 23.0. The number of ether oxygens (including phenoxy) is 1. The second-order valence-corrected chi connectivity index (χ2v) is 7.01. The second kappa shape index (κ2) is 5.76. The fraction of sp³-hybridized carbons (Fsp3) is 0.500. The van der Waals surface area contributed by atoms with E-state index in [1.807, 2.05) is 24.5 Å². The number of rotatable bonds is 4. The highest BCUT2D eigenvalue weighted by Gasteiger charge is 2.37. The Morgan fingerprint density at radius 3 is 3.09 bits per heavy atom. The number of morpholine rings is 1. The summed E-state index contributed by atoms with van der Waals surface area (Å²) in [6.45, 7) is 2.96. The predicted molar refractivity (Wildman–Crippen MR) is 85.6 cm³/mol. The molecule has 2 aliphatic rings. The number of carbonyl (C=O) groups excluding carboxylic acids is 1. The van der Waals surface area contributed by atoms with Crippen LogP contribution in [0.15, 0.2) is 29.0 Å². The summed E-state index contributed by atoms with van der Waals surface area (Å²) in [5, 5.41) is 0. The largest absolute Gasteiger partial charge is 0.368 e. The van der Waals surface area contributed by atoms with Crippen LogP contribution in [0.5, 0.6) is 0 Å². The van der Waals surface area contributed by atoms with Gasteiger partial charge in [-0.3, -0.25) is 9.69 Å². The third kappa shape index (κ3) is 2.83. The van der Waals surface area contributed by atoms with Gasteiger partial charge in [0, 0.05) is 36.2 Å². The average Bonchev–Trinajstić information content (AvgIpc) is 3.31. The van der Waals surface area contributed by atoms with Gasteiger partial charge < -0.3 is 9.14 Å². The van der Waals surface area contributed by atoms with E-state index in [-0.39, 0.29) is 12.0 Å². The van der Waals surface area contributed by atoms with Crippen LogP contribution in [0.2, 0.25) is 0 Å². The predicted octanol–water partition coefficient (Wildman–Crippen LogP) is 2.28. The van der Waals surface area contributed by atoms with E-state index < -0.39 is 0 Å². The van der Waals surface area contributed by atoms with Gasteiger partial charge in [0.25, 0.3) is 0 Å². The molecule has 22 heavy (non-hydrogen) atoms. The van der Waals surface area contributed by atoms with Crippen molar-refractivity contribution in [3.8, 4) is 0 Å². The van der Waals surface area contributed by atoms with Crippen molar-refractivity contribution >= 4 is 27.4 Å². The number of halogens is 1. The van der Waals surface area contributed by atoms with Crippen LogP contribution in [-0.4, -0.2) is 45.9 Å². The molecule has 1 saturated heterocycles. The molecule has 0 aromatic carbocycles. The van der Waals surface area contributed by atoms with Gasteiger partial charge in [-0.1, -0.05) is 0 Å². The van der Waals surface area contributed by atoms with Gasteiger partial charge in [-0.05, 0) is 40.9 Å². The van der Waals surface area contributed by atoms with Crippen LogP contribution in [0.3, 0.4) is 0 Å². The molecule has 2 fully saturated rings. The summed E-state index contributed by atoms with van der Waals surface area (Å²) in [5.41, 5.74) is 2.08. The maximum atomic E-state index is 12.2. The molecular formula is C16H18BrN3O2. The van der Waals surface area contributed by atoms with E-state index in [1.165, 1.54) is 0 Å². The van der Waals surface area contributed by atoms with Gasteiger partial charge in [0.05, 0.1) is 18.5 Å². The van der Waals surface area contributed by atoms with E-state index >= 15 is 0 Å². The minimum absolute atomic E-state index is 0.243. The number of hydrogen-bond donors (Lipinski definition) is 0. The first kappa shape index (κ1) is 14.4. The van der Waals surface area contributed by atoms with Gasteiger partial charge in [0.2, 0.25) is 0 Å². The van der Waals surface area contributed by atoms with Crippen LogP contribution in [0.25, 0.3) is 5.65 Å². The van der Waals surface area contributed by atoms with Gasteiger partial charge >= 0.3 is 0 Å². The molecule has 5 nitrogen and oxygen atoms in total. The fourth-order valence-corrected chi connectivity index (χ4v) is 3.34. The molecule has 0 spiro atoms. The summed E-state index contributed by atoms with van der Waals surface area (Å²) in [5.74, 6) is 0.558. The lowest BCUT2D eigenvalue weighted by molar-refractivity contribution is -0.137. The third-order valence-corrected chi connectivity index (χ3v) is 4.85. The average molecular weight is 364 g/mol. The number of aromatic nitrogens is 2. The van der Waals surface area contributed by atoms with Crippen molar-refractivity contribution in [3.05, 3.63) is 34.7 Å². The summed E-state index contributed by atoms with van der Waals surface area (Å²) in [7, 11) is 0. The van der Waals surface area contributed by atoms with Crippen LogP contribution in [0.4, 0.5) is 0 Å². The Morgan fingerprint density at radius 2 is 2.27 bits per heavy atom. The highest BCUT2D eigenvalue weighted by Crippen LogP contribution is 2.32. The van der Waals surface area contributed by atoms with Gasteiger partial charge in [0.1, 0.15) is 11.8 Å². The van der Waals surface area contributed by atoms with Crippen LogP contribution in [-0.2, 0) is 16.1 Å². The second-order valence-electron chi connectivity index (χ2n) is 6.10. The Balaban J connectivity index is 1.49. The highest BCUT2D eigenvalue weighted by atomic mass is 79.9. The summed E-state index contributed by atoms with van der Waals surface area (Å²) in [6, 6.07) is 3.98. The zero-order valence-electron chi connectivity index (χ0n) is 12.2. The topological polar surface area (TPSA) is 46.8 Å². The quantitative estimate of drug-likeness (QED) is 0.835. The third-order valence-electron chi connectivity index (χ3n) is 4.38. The lowest BCUT2D eigenvalue weighted by Gasteiger charge is -2.32. The number of carbonyl (C=O) groups is 1. The first-order chi connectivity index (χ1) is 10.7. The van der Waals surface area contributed by atoms with E-state index in [0.717, 1.165) is 41.7 Å². The zero-order valence-corrected chi connectivity index (χ0v) is 13.8. The number of fused-ring (bicyclic) bond motifs is 1. The fourth-order valence-electron chi connectivity index (χ4n) is 3.00. The lowest BCUT2D eigenvalue weighted by Crippen LogP contribution is -2.46. The maximum Gasteiger partial charge on any atom is 0.165 e. The standard InChI is InChI=1S/C16H18BrN3O2/c17-12-3-4-15-18-7-13(20(15)8-12)9-19-5-6-22-14(10-19)16(21)11-1-2-11/h3-4,7-8,11,14H,1-2,5-6,9-10H2/t14-/m1/s1. The van der Waals surface area contributed by atoms with Crippen molar-refractivity contribution in [2.45, 2.75) is 25.5 Å². The molecule has 2 aromatic rings. The molecule has 0 amide bonds.